The maximum absolute atomic E-state index is 5.97. The van der Waals surface area contributed by atoms with E-state index in [1.807, 2.05) is 45.2 Å². The Kier molecular flexibility index (Phi) is 3.21. The van der Waals surface area contributed by atoms with E-state index >= 15 is 0 Å². The van der Waals surface area contributed by atoms with Crippen LogP contribution < -0.4 is 10.5 Å². The van der Waals surface area contributed by atoms with Crippen molar-refractivity contribution in [2.45, 2.75) is 20.0 Å². The first-order chi connectivity index (χ1) is 10.1. The van der Waals surface area contributed by atoms with E-state index in [0.29, 0.717) is 5.82 Å². The summed E-state index contributed by atoms with van der Waals surface area (Å²) >= 11 is 0. The van der Waals surface area contributed by atoms with Crippen molar-refractivity contribution in [1.82, 2.24) is 19.7 Å². The first kappa shape index (κ1) is 13.4. The third kappa shape index (κ3) is 2.40. The fourth-order valence-corrected chi connectivity index (χ4v) is 2.27. The lowest BCUT2D eigenvalue weighted by molar-refractivity contribution is 0.242. The number of hydrogen-bond acceptors (Lipinski definition) is 5. The predicted octanol–water partition coefficient (Wildman–Crippen LogP) is 2.40. The zero-order valence-corrected chi connectivity index (χ0v) is 12.2. The van der Waals surface area contributed by atoms with Crippen LogP contribution in [0.4, 0.5) is 5.82 Å². The number of aromatic nitrogens is 4. The second-order valence-electron chi connectivity index (χ2n) is 5.12. The molecular weight excluding hydrogens is 266 g/mol. The lowest BCUT2D eigenvalue weighted by Gasteiger charge is -2.09. The number of aryl methyl sites for hydroxylation is 1. The molecule has 0 aliphatic rings. The van der Waals surface area contributed by atoms with Gasteiger partial charge in [0, 0.05) is 12.6 Å². The average Bonchev–Trinajstić information content (AvgIpc) is 2.78. The molecule has 1 aromatic carbocycles. The van der Waals surface area contributed by atoms with E-state index < -0.39 is 0 Å². The number of hydrogen-bond donors (Lipinski definition) is 1. The zero-order valence-electron chi connectivity index (χ0n) is 12.2. The molecule has 0 radical (unpaired) electrons. The van der Waals surface area contributed by atoms with Gasteiger partial charge >= 0.3 is 0 Å². The van der Waals surface area contributed by atoms with E-state index in [0.717, 1.165) is 28.0 Å². The van der Waals surface area contributed by atoms with Gasteiger partial charge in [-0.2, -0.15) is 5.10 Å². The standard InChI is InChI=1S/C15H17N5O/c1-9(2)21-11-6-4-10(5-7-11)13-12-14(16)17-8-18-15(12)20(3)19-13/h4-9H,1-3H3,(H2,16,17,18). The van der Waals surface area contributed by atoms with Gasteiger partial charge in [0.1, 0.15) is 23.6 Å². The molecule has 108 valence electrons. The van der Waals surface area contributed by atoms with E-state index in [2.05, 4.69) is 15.1 Å². The van der Waals surface area contributed by atoms with Crippen LogP contribution in [0.1, 0.15) is 13.8 Å². The van der Waals surface area contributed by atoms with E-state index in [1.54, 1.807) is 4.68 Å². The topological polar surface area (TPSA) is 78.8 Å². The summed E-state index contributed by atoms with van der Waals surface area (Å²) in [7, 11) is 1.84. The number of anilines is 1. The van der Waals surface area contributed by atoms with Crippen molar-refractivity contribution in [3.8, 4) is 17.0 Å². The van der Waals surface area contributed by atoms with Gasteiger partial charge in [0.15, 0.2) is 5.65 Å². The van der Waals surface area contributed by atoms with Crippen LogP contribution in [0.2, 0.25) is 0 Å². The minimum absolute atomic E-state index is 0.149. The minimum Gasteiger partial charge on any atom is -0.491 e. The van der Waals surface area contributed by atoms with Crippen molar-refractivity contribution in [2.24, 2.45) is 7.05 Å². The quantitative estimate of drug-likeness (QED) is 0.798. The molecule has 0 unspecified atom stereocenters. The molecule has 0 aliphatic heterocycles. The molecule has 6 heteroatoms. The molecule has 3 aromatic rings. The van der Waals surface area contributed by atoms with E-state index in [1.165, 1.54) is 6.33 Å². The van der Waals surface area contributed by atoms with Crippen LogP contribution in [-0.2, 0) is 7.05 Å². The van der Waals surface area contributed by atoms with Crippen molar-refractivity contribution in [3.63, 3.8) is 0 Å². The van der Waals surface area contributed by atoms with Crippen LogP contribution in [0.5, 0.6) is 5.75 Å². The van der Waals surface area contributed by atoms with E-state index in [9.17, 15) is 0 Å². The summed E-state index contributed by atoms with van der Waals surface area (Å²) in [4.78, 5) is 8.28. The Morgan fingerprint density at radius 1 is 1.14 bits per heavy atom. The smallest absolute Gasteiger partial charge is 0.163 e. The largest absolute Gasteiger partial charge is 0.491 e. The minimum atomic E-state index is 0.149. The lowest BCUT2D eigenvalue weighted by atomic mass is 10.1. The molecule has 0 spiro atoms. The number of benzene rings is 1. The molecule has 0 saturated carbocycles. The monoisotopic (exact) mass is 283 g/mol. The molecule has 0 amide bonds. The van der Waals surface area contributed by atoms with Crippen molar-refractivity contribution in [1.29, 1.82) is 0 Å². The maximum Gasteiger partial charge on any atom is 0.163 e. The highest BCUT2D eigenvalue weighted by atomic mass is 16.5. The summed E-state index contributed by atoms with van der Waals surface area (Å²) in [5.41, 5.74) is 8.43. The van der Waals surface area contributed by atoms with E-state index in [4.69, 9.17) is 10.5 Å². The summed E-state index contributed by atoms with van der Waals surface area (Å²) in [5.74, 6) is 1.27. The third-order valence-electron chi connectivity index (χ3n) is 3.15. The van der Waals surface area contributed by atoms with Gasteiger partial charge in [0.05, 0.1) is 11.5 Å². The van der Waals surface area contributed by atoms with Gasteiger partial charge in [-0.1, -0.05) is 0 Å². The summed E-state index contributed by atoms with van der Waals surface area (Å²) in [6, 6.07) is 7.78. The lowest BCUT2D eigenvalue weighted by Crippen LogP contribution is -2.05. The van der Waals surface area contributed by atoms with Gasteiger partial charge in [-0.25, -0.2) is 14.6 Å². The van der Waals surface area contributed by atoms with Gasteiger partial charge < -0.3 is 10.5 Å². The molecular formula is C15H17N5O. The van der Waals surface area contributed by atoms with Crippen molar-refractivity contribution in [3.05, 3.63) is 30.6 Å². The molecule has 3 rings (SSSR count). The van der Waals surface area contributed by atoms with Crippen molar-refractivity contribution >= 4 is 16.9 Å². The van der Waals surface area contributed by atoms with Gasteiger partial charge in [0.25, 0.3) is 0 Å². The Morgan fingerprint density at radius 3 is 2.52 bits per heavy atom. The number of nitrogens with two attached hydrogens (primary N) is 1. The molecule has 0 fully saturated rings. The Balaban J connectivity index is 2.08. The summed E-state index contributed by atoms with van der Waals surface area (Å²) in [6.45, 7) is 4.00. The highest BCUT2D eigenvalue weighted by molar-refractivity contribution is 5.98. The summed E-state index contributed by atoms with van der Waals surface area (Å²) in [6.07, 6.45) is 1.60. The van der Waals surface area contributed by atoms with Crippen LogP contribution in [0.15, 0.2) is 30.6 Å². The normalized spacial score (nSPS) is 11.2. The Labute approximate surface area is 122 Å². The van der Waals surface area contributed by atoms with Crippen molar-refractivity contribution < 1.29 is 4.74 Å². The second kappa shape index (κ2) is 5.05. The number of ether oxygens (including phenoxy) is 1. The molecule has 0 aliphatic carbocycles. The van der Waals surface area contributed by atoms with Gasteiger partial charge in [-0.05, 0) is 38.1 Å². The third-order valence-corrected chi connectivity index (χ3v) is 3.15. The van der Waals surface area contributed by atoms with Crippen LogP contribution in [0.25, 0.3) is 22.3 Å². The molecule has 6 nitrogen and oxygen atoms in total. The Morgan fingerprint density at radius 2 is 1.86 bits per heavy atom. The maximum atomic E-state index is 5.97. The highest BCUT2D eigenvalue weighted by Crippen LogP contribution is 2.30. The number of fused-ring (bicyclic) bond motifs is 1. The van der Waals surface area contributed by atoms with E-state index in [-0.39, 0.29) is 6.10 Å². The number of nitrogen functional groups attached to an aromatic ring is 1. The number of nitrogens with zero attached hydrogens (tertiary/aromatic N) is 4. The highest BCUT2D eigenvalue weighted by Gasteiger charge is 2.15. The fourth-order valence-electron chi connectivity index (χ4n) is 2.27. The Hall–Kier alpha value is -2.63. The van der Waals surface area contributed by atoms with Crippen LogP contribution in [-0.4, -0.2) is 25.9 Å². The van der Waals surface area contributed by atoms with Crippen LogP contribution in [0, 0.1) is 0 Å². The predicted molar refractivity (Wildman–Crippen MR) is 81.9 cm³/mol. The first-order valence-electron chi connectivity index (χ1n) is 6.76. The van der Waals surface area contributed by atoms with Crippen molar-refractivity contribution in [2.75, 3.05) is 5.73 Å². The number of rotatable bonds is 3. The summed E-state index contributed by atoms with van der Waals surface area (Å²) < 4.78 is 7.36. The molecule has 21 heavy (non-hydrogen) atoms. The van der Waals surface area contributed by atoms with Gasteiger partial charge in [0.2, 0.25) is 0 Å². The molecule has 2 N–H and O–H groups in total. The van der Waals surface area contributed by atoms with Crippen LogP contribution in [0.3, 0.4) is 0 Å². The average molecular weight is 283 g/mol. The van der Waals surface area contributed by atoms with Gasteiger partial charge in [-0.3, -0.25) is 0 Å². The molecule has 0 atom stereocenters. The SMILES string of the molecule is CC(C)Oc1ccc(-c2nn(C)c3ncnc(N)c23)cc1. The Bertz CT molecular complexity index is 777. The molecule has 2 heterocycles. The summed E-state index contributed by atoms with van der Waals surface area (Å²) in [5, 5.41) is 5.28. The fraction of sp³-hybridized carbons (Fsp3) is 0.267. The molecule has 2 aromatic heterocycles. The van der Waals surface area contributed by atoms with Gasteiger partial charge in [-0.15, -0.1) is 0 Å². The molecule has 0 saturated heterocycles. The van der Waals surface area contributed by atoms with Crippen LogP contribution >= 0.6 is 0 Å². The first-order valence-corrected chi connectivity index (χ1v) is 6.76. The molecule has 0 bridgehead atoms. The second-order valence-corrected chi connectivity index (χ2v) is 5.12. The zero-order chi connectivity index (χ0) is 15.0.